The Labute approximate surface area is 111 Å². The number of aromatic amines is 1. The van der Waals surface area contributed by atoms with Crippen LogP contribution < -0.4 is 10.9 Å². The first-order valence-electron chi connectivity index (χ1n) is 6.50. The van der Waals surface area contributed by atoms with Gasteiger partial charge in [-0.15, -0.1) is 0 Å². The molecule has 1 fully saturated rings. The highest BCUT2D eigenvalue weighted by Crippen LogP contribution is 2.19. The number of rotatable bonds is 3. The molecule has 0 aliphatic carbocycles. The number of carbonyl (C=O) groups is 1. The van der Waals surface area contributed by atoms with Crippen LogP contribution in [0.5, 0.6) is 5.88 Å². The van der Waals surface area contributed by atoms with Gasteiger partial charge in [0, 0.05) is 31.3 Å². The summed E-state index contributed by atoms with van der Waals surface area (Å²) in [4.78, 5) is 27.7. The molecular weight excluding hydrogens is 246 g/mol. The summed E-state index contributed by atoms with van der Waals surface area (Å²) in [5, 5.41) is 12.5. The second-order valence-electron chi connectivity index (χ2n) is 4.82. The highest BCUT2D eigenvalue weighted by atomic mass is 16.3. The Morgan fingerprint density at radius 2 is 2.32 bits per heavy atom. The number of carbonyl (C=O) groups excluding carboxylic acids is 1. The van der Waals surface area contributed by atoms with Crippen LogP contribution >= 0.6 is 0 Å². The molecule has 0 spiro atoms. The van der Waals surface area contributed by atoms with Gasteiger partial charge in [0.2, 0.25) is 0 Å². The van der Waals surface area contributed by atoms with Crippen molar-refractivity contribution < 1.29 is 9.90 Å². The van der Waals surface area contributed by atoms with Crippen LogP contribution in [0.15, 0.2) is 16.9 Å². The molecule has 6 heteroatoms. The van der Waals surface area contributed by atoms with Crippen molar-refractivity contribution in [2.24, 2.45) is 0 Å². The number of nitrogens with zero attached hydrogens (tertiary/aromatic N) is 1. The molecule has 0 radical (unpaired) electrons. The van der Waals surface area contributed by atoms with Crippen molar-refractivity contribution >= 4 is 5.91 Å². The number of pyridine rings is 1. The van der Waals surface area contributed by atoms with E-state index in [2.05, 4.69) is 10.3 Å². The largest absolute Gasteiger partial charge is 0.494 e. The number of likely N-dealkylation sites (N-methyl/N-ethyl adjacent to an activating group) is 1. The summed E-state index contributed by atoms with van der Waals surface area (Å²) in [6, 6.07) is 2.68. The van der Waals surface area contributed by atoms with Crippen molar-refractivity contribution in [3.63, 3.8) is 0 Å². The molecular formula is C13H19N3O3. The summed E-state index contributed by atoms with van der Waals surface area (Å²) in [6.45, 7) is 1.43. The van der Waals surface area contributed by atoms with Gasteiger partial charge in [0.15, 0.2) is 5.88 Å². The summed E-state index contributed by atoms with van der Waals surface area (Å²) in [6.07, 6.45) is 3.04. The van der Waals surface area contributed by atoms with Crippen molar-refractivity contribution in [2.75, 3.05) is 20.1 Å². The fraction of sp³-hybridized carbons (Fsp3) is 0.538. The first-order valence-corrected chi connectivity index (χ1v) is 6.50. The fourth-order valence-corrected chi connectivity index (χ4v) is 2.53. The number of piperidine rings is 1. The van der Waals surface area contributed by atoms with E-state index in [0.29, 0.717) is 6.54 Å². The molecule has 0 saturated carbocycles. The number of aromatic hydroxyl groups is 1. The standard InChI is InChI=1S/C13H19N3O3/c1-14-8-10-4-2-3-5-16(10)13(19)9-6-11(17)15-12(18)7-9/h6-7,10,14H,2-5,8H2,1H3,(H2,15,17,18). The van der Waals surface area contributed by atoms with E-state index in [1.54, 1.807) is 4.90 Å². The number of nitrogens with one attached hydrogen (secondary N) is 2. The lowest BCUT2D eigenvalue weighted by atomic mass is 10.0. The highest BCUT2D eigenvalue weighted by molar-refractivity contribution is 5.94. The van der Waals surface area contributed by atoms with E-state index in [-0.39, 0.29) is 23.4 Å². The second-order valence-corrected chi connectivity index (χ2v) is 4.82. The number of hydrogen-bond acceptors (Lipinski definition) is 4. The average Bonchev–Trinajstić information content (AvgIpc) is 2.38. The molecule has 3 N–H and O–H groups in total. The van der Waals surface area contributed by atoms with E-state index in [9.17, 15) is 14.7 Å². The first kappa shape index (κ1) is 13.6. The van der Waals surface area contributed by atoms with Crippen molar-refractivity contribution in [1.82, 2.24) is 15.2 Å². The normalized spacial score (nSPS) is 19.4. The van der Waals surface area contributed by atoms with Gasteiger partial charge in [-0.2, -0.15) is 0 Å². The van der Waals surface area contributed by atoms with Crippen LogP contribution in [0.2, 0.25) is 0 Å². The molecule has 1 aromatic rings. The van der Waals surface area contributed by atoms with Gasteiger partial charge in [0.25, 0.3) is 11.5 Å². The third-order valence-electron chi connectivity index (χ3n) is 3.40. The molecule has 1 aliphatic rings. The summed E-state index contributed by atoms with van der Waals surface area (Å²) >= 11 is 0. The predicted octanol–water partition coefficient (Wildman–Crippen LogP) is 0.295. The zero-order chi connectivity index (χ0) is 13.8. The Morgan fingerprint density at radius 1 is 1.53 bits per heavy atom. The highest BCUT2D eigenvalue weighted by Gasteiger charge is 2.27. The maximum Gasteiger partial charge on any atom is 0.254 e. The lowest BCUT2D eigenvalue weighted by Crippen LogP contribution is -2.48. The molecule has 2 rings (SSSR count). The van der Waals surface area contributed by atoms with Gasteiger partial charge < -0.3 is 15.3 Å². The molecule has 19 heavy (non-hydrogen) atoms. The van der Waals surface area contributed by atoms with Crippen LogP contribution in [0.1, 0.15) is 29.6 Å². The van der Waals surface area contributed by atoms with Gasteiger partial charge in [-0.3, -0.25) is 14.6 Å². The summed E-state index contributed by atoms with van der Waals surface area (Å²) in [5.41, 5.74) is -0.227. The monoisotopic (exact) mass is 265 g/mol. The van der Waals surface area contributed by atoms with E-state index in [4.69, 9.17) is 0 Å². The lowest BCUT2D eigenvalue weighted by Gasteiger charge is -2.35. The van der Waals surface area contributed by atoms with Crippen LogP contribution in [0, 0.1) is 0 Å². The van der Waals surface area contributed by atoms with Crippen LogP contribution in [-0.4, -0.2) is 47.1 Å². The molecule has 0 aromatic carbocycles. The minimum absolute atomic E-state index is 0.146. The molecule has 1 amide bonds. The Balaban J connectivity index is 2.23. The quantitative estimate of drug-likeness (QED) is 0.733. The third-order valence-corrected chi connectivity index (χ3v) is 3.40. The van der Waals surface area contributed by atoms with E-state index in [0.717, 1.165) is 25.8 Å². The van der Waals surface area contributed by atoms with Gasteiger partial charge in [-0.1, -0.05) is 0 Å². The second kappa shape index (κ2) is 5.88. The molecule has 1 aromatic heterocycles. The van der Waals surface area contributed by atoms with Gasteiger partial charge in [-0.05, 0) is 26.3 Å². The van der Waals surface area contributed by atoms with Gasteiger partial charge in [-0.25, -0.2) is 0 Å². The van der Waals surface area contributed by atoms with Crippen LogP contribution in [0.4, 0.5) is 0 Å². The molecule has 0 bridgehead atoms. The first-order chi connectivity index (χ1) is 9.11. The molecule has 1 aliphatic heterocycles. The topological polar surface area (TPSA) is 85.4 Å². The molecule has 6 nitrogen and oxygen atoms in total. The maximum atomic E-state index is 12.4. The van der Waals surface area contributed by atoms with E-state index in [1.165, 1.54) is 12.1 Å². The SMILES string of the molecule is CNCC1CCCCN1C(=O)c1cc(O)[nH]c(=O)c1. The molecule has 2 heterocycles. The summed E-state index contributed by atoms with van der Waals surface area (Å²) in [5.74, 6) is -0.473. The van der Waals surface area contributed by atoms with Crippen molar-refractivity contribution in [3.8, 4) is 5.88 Å². The minimum atomic E-state index is -0.467. The zero-order valence-electron chi connectivity index (χ0n) is 11.0. The summed E-state index contributed by atoms with van der Waals surface area (Å²) < 4.78 is 0. The van der Waals surface area contributed by atoms with Gasteiger partial charge >= 0.3 is 0 Å². The lowest BCUT2D eigenvalue weighted by molar-refractivity contribution is 0.0614. The maximum absolute atomic E-state index is 12.4. The fourth-order valence-electron chi connectivity index (χ4n) is 2.53. The van der Waals surface area contributed by atoms with Gasteiger partial charge in [0.1, 0.15) is 0 Å². The zero-order valence-corrected chi connectivity index (χ0v) is 11.0. The van der Waals surface area contributed by atoms with E-state index in [1.807, 2.05) is 7.05 Å². The van der Waals surface area contributed by atoms with E-state index >= 15 is 0 Å². The van der Waals surface area contributed by atoms with Crippen LogP contribution in [0.25, 0.3) is 0 Å². The summed E-state index contributed by atoms with van der Waals surface area (Å²) in [7, 11) is 1.86. The van der Waals surface area contributed by atoms with Crippen molar-refractivity contribution in [1.29, 1.82) is 0 Å². The molecule has 104 valence electrons. The number of H-pyrrole nitrogens is 1. The predicted molar refractivity (Wildman–Crippen MR) is 71.3 cm³/mol. The Hall–Kier alpha value is -1.82. The molecule has 1 unspecified atom stereocenters. The van der Waals surface area contributed by atoms with E-state index < -0.39 is 5.56 Å². The molecule has 1 atom stereocenters. The van der Waals surface area contributed by atoms with Crippen molar-refractivity contribution in [2.45, 2.75) is 25.3 Å². The Morgan fingerprint density at radius 3 is 3.00 bits per heavy atom. The average molecular weight is 265 g/mol. The molecule has 1 saturated heterocycles. The van der Waals surface area contributed by atoms with Crippen LogP contribution in [0.3, 0.4) is 0 Å². The minimum Gasteiger partial charge on any atom is -0.494 e. The van der Waals surface area contributed by atoms with Crippen LogP contribution in [-0.2, 0) is 0 Å². The number of hydrogen-bond donors (Lipinski definition) is 3. The smallest absolute Gasteiger partial charge is 0.254 e. The number of amides is 1. The van der Waals surface area contributed by atoms with Crippen molar-refractivity contribution in [3.05, 3.63) is 28.0 Å². The Bertz CT molecular complexity index is 510. The number of aromatic nitrogens is 1. The number of likely N-dealkylation sites (tertiary alicyclic amines) is 1. The van der Waals surface area contributed by atoms with Gasteiger partial charge in [0.05, 0.1) is 5.56 Å². The Kier molecular flexibility index (Phi) is 4.21. The third kappa shape index (κ3) is 3.14.